The number of amides is 2. The minimum atomic E-state index is -4.77. The van der Waals surface area contributed by atoms with Gasteiger partial charge >= 0.3 is 12.3 Å². The number of ether oxygens (including phenoxy) is 1. The van der Waals surface area contributed by atoms with E-state index in [2.05, 4.69) is 4.72 Å². The molecule has 10 heteroatoms. The molecule has 1 aliphatic heterocycles. The van der Waals surface area contributed by atoms with Crippen molar-refractivity contribution >= 4 is 39.8 Å². The van der Waals surface area contributed by atoms with Gasteiger partial charge in [-0.15, -0.1) is 0 Å². The van der Waals surface area contributed by atoms with E-state index in [4.69, 9.17) is 4.74 Å². The number of hydrogen-bond acceptors (Lipinski definition) is 4. The zero-order valence-corrected chi connectivity index (χ0v) is 22.4. The summed E-state index contributed by atoms with van der Waals surface area (Å²) in [5.74, 6) is -0.785. The van der Waals surface area contributed by atoms with Gasteiger partial charge in [0.15, 0.2) is 0 Å². The van der Waals surface area contributed by atoms with Gasteiger partial charge in [-0.3, -0.25) is 4.79 Å². The van der Waals surface area contributed by atoms with E-state index in [1.807, 2.05) is 0 Å². The molecule has 1 N–H and O–H groups in total. The normalized spacial score (nSPS) is 17.3. The zero-order valence-electron chi connectivity index (χ0n) is 21.6. The fraction of sp³-hybridized carbons (Fsp3) is 0.407. The van der Waals surface area contributed by atoms with Gasteiger partial charge in [0.05, 0.1) is 27.0 Å². The minimum Gasteiger partial charge on any atom is -0.443 e. The van der Waals surface area contributed by atoms with Crippen molar-refractivity contribution in [3.05, 3.63) is 65.7 Å². The first-order chi connectivity index (χ1) is 17.0. The van der Waals surface area contributed by atoms with Crippen molar-refractivity contribution in [1.29, 1.82) is 0 Å². The van der Waals surface area contributed by atoms with Crippen molar-refractivity contribution < 1.29 is 31.7 Å². The molecule has 0 fully saturated rings. The number of carbonyl (C=O) groups excluding carboxylic acids is 2. The largest absolute Gasteiger partial charge is 0.443 e. The molecule has 0 spiro atoms. The Balaban J connectivity index is 2.21. The Morgan fingerprint density at radius 1 is 0.973 bits per heavy atom. The zero-order chi connectivity index (χ0) is 27.8. The SMILES string of the molecule is CC(C)(C)OC(=O)N1C(=O)/C(=C(\C[C@H](NS(=O)C(C)(C)C)C(F)(F)F)c2ccccc2)c2ccccc21. The highest BCUT2D eigenvalue weighted by molar-refractivity contribution is 7.84. The molecule has 2 aromatic carbocycles. The first kappa shape index (κ1) is 28.6. The molecule has 2 amide bonds. The number of benzene rings is 2. The second kappa shape index (κ2) is 10.4. The lowest BCUT2D eigenvalue weighted by molar-refractivity contribution is -0.149. The molecule has 1 aliphatic rings. The number of carbonyl (C=O) groups is 2. The topological polar surface area (TPSA) is 75.7 Å². The Morgan fingerprint density at radius 3 is 2.08 bits per heavy atom. The molecule has 6 nitrogen and oxygen atoms in total. The Morgan fingerprint density at radius 2 is 1.54 bits per heavy atom. The van der Waals surface area contributed by atoms with Crippen LogP contribution in [0.5, 0.6) is 0 Å². The molecule has 0 bridgehead atoms. The molecular formula is C27H31F3N2O4S. The van der Waals surface area contributed by atoms with Crippen LogP contribution in [0.1, 0.15) is 59.1 Å². The quantitative estimate of drug-likeness (QED) is 0.458. The standard InChI is InChI=1S/C27H31F3N2O4S/c1-25(2,3)36-24(34)32-20-15-11-10-14-18(20)22(23(32)33)19(17-12-8-7-9-13-17)16-21(27(28,29)30)31-37(35)26(4,5)6/h7-15,21,31H,16H2,1-6H3/b22-19+/t21-,37?/m0/s1. The van der Waals surface area contributed by atoms with E-state index in [0.29, 0.717) is 11.1 Å². The van der Waals surface area contributed by atoms with Crippen molar-refractivity contribution in [3.63, 3.8) is 0 Å². The van der Waals surface area contributed by atoms with Crippen LogP contribution in [0, 0.1) is 0 Å². The van der Waals surface area contributed by atoms with E-state index in [-0.39, 0.29) is 16.8 Å². The predicted octanol–water partition coefficient (Wildman–Crippen LogP) is 6.25. The van der Waals surface area contributed by atoms with Gasteiger partial charge in [-0.25, -0.2) is 18.6 Å². The molecule has 2 aromatic rings. The van der Waals surface area contributed by atoms with E-state index in [0.717, 1.165) is 4.90 Å². The number of hydrogen-bond donors (Lipinski definition) is 1. The van der Waals surface area contributed by atoms with Crippen molar-refractivity contribution in [1.82, 2.24) is 4.72 Å². The molecule has 0 radical (unpaired) electrons. The number of anilines is 1. The first-order valence-corrected chi connectivity index (χ1v) is 12.9. The smallest absolute Gasteiger partial charge is 0.422 e. The van der Waals surface area contributed by atoms with Gasteiger partial charge in [0.2, 0.25) is 0 Å². The number of nitrogens with one attached hydrogen (secondary N) is 1. The van der Waals surface area contributed by atoms with Crippen molar-refractivity contribution in [2.75, 3.05) is 4.90 Å². The van der Waals surface area contributed by atoms with E-state index in [1.165, 1.54) is 0 Å². The van der Waals surface area contributed by atoms with Crippen LogP contribution < -0.4 is 9.62 Å². The Kier molecular flexibility index (Phi) is 8.05. The van der Waals surface area contributed by atoms with Crippen LogP contribution >= 0.6 is 0 Å². The lowest BCUT2D eigenvalue weighted by atomic mass is 9.90. The third kappa shape index (κ3) is 6.67. The maximum absolute atomic E-state index is 14.2. The van der Waals surface area contributed by atoms with E-state index < -0.39 is 52.0 Å². The molecule has 1 heterocycles. The summed E-state index contributed by atoms with van der Waals surface area (Å²) in [5.41, 5.74) is 0.0537. The molecular weight excluding hydrogens is 505 g/mol. The van der Waals surface area contributed by atoms with E-state index in [1.54, 1.807) is 96.1 Å². The second-order valence-electron chi connectivity index (χ2n) is 10.7. The number of para-hydroxylation sites is 1. The van der Waals surface area contributed by atoms with Crippen molar-refractivity contribution in [2.24, 2.45) is 0 Å². The molecule has 200 valence electrons. The third-order valence-corrected chi connectivity index (χ3v) is 7.05. The maximum atomic E-state index is 14.2. The molecule has 3 rings (SSSR count). The summed E-state index contributed by atoms with van der Waals surface area (Å²) in [6.45, 7) is 9.65. The van der Waals surface area contributed by atoms with E-state index >= 15 is 0 Å². The van der Waals surface area contributed by atoms with Gasteiger partial charge in [-0.1, -0.05) is 48.5 Å². The monoisotopic (exact) mass is 536 g/mol. The Hall–Kier alpha value is -2.98. The number of nitrogens with zero attached hydrogens (tertiary/aromatic N) is 1. The van der Waals surface area contributed by atoms with Crippen molar-refractivity contribution in [2.45, 2.75) is 70.5 Å². The number of rotatable bonds is 5. The summed E-state index contributed by atoms with van der Waals surface area (Å²) in [5, 5.41) is 0. The molecule has 1 unspecified atom stereocenters. The highest BCUT2D eigenvalue weighted by Crippen LogP contribution is 2.44. The van der Waals surface area contributed by atoms with Gasteiger partial charge in [-0.05, 0) is 65.2 Å². The molecule has 37 heavy (non-hydrogen) atoms. The average molecular weight is 537 g/mol. The summed E-state index contributed by atoms with van der Waals surface area (Å²) < 4.78 is 62.0. The summed E-state index contributed by atoms with van der Waals surface area (Å²) in [7, 11) is -2.03. The van der Waals surface area contributed by atoms with Crippen LogP contribution in [0.2, 0.25) is 0 Å². The molecule has 0 saturated heterocycles. The minimum absolute atomic E-state index is 0.0368. The second-order valence-corrected chi connectivity index (χ2v) is 12.7. The highest BCUT2D eigenvalue weighted by Gasteiger charge is 2.45. The molecule has 2 atom stereocenters. The summed E-state index contributed by atoms with van der Waals surface area (Å²) >= 11 is 0. The average Bonchev–Trinajstić information content (AvgIpc) is 3.06. The van der Waals surface area contributed by atoms with Crippen LogP contribution in [-0.2, 0) is 20.5 Å². The Bertz CT molecular complexity index is 1230. The van der Waals surface area contributed by atoms with Crippen LogP contribution in [0.25, 0.3) is 11.1 Å². The third-order valence-electron chi connectivity index (χ3n) is 5.44. The number of alkyl halides is 3. The lowest BCUT2D eigenvalue weighted by Crippen LogP contribution is -2.47. The van der Waals surface area contributed by atoms with Crippen LogP contribution in [0.15, 0.2) is 54.6 Å². The van der Waals surface area contributed by atoms with Gasteiger partial charge in [0.25, 0.3) is 5.91 Å². The fourth-order valence-corrected chi connectivity index (χ4v) is 4.56. The molecule has 0 aromatic heterocycles. The van der Waals surface area contributed by atoms with Crippen molar-refractivity contribution in [3.8, 4) is 0 Å². The van der Waals surface area contributed by atoms with Gasteiger partial charge < -0.3 is 4.74 Å². The highest BCUT2D eigenvalue weighted by atomic mass is 32.2. The maximum Gasteiger partial charge on any atom is 0.422 e. The first-order valence-electron chi connectivity index (χ1n) is 11.7. The number of halogens is 3. The van der Waals surface area contributed by atoms with Gasteiger partial charge in [0.1, 0.15) is 11.6 Å². The predicted molar refractivity (Wildman–Crippen MR) is 139 cm³/mol. The van der Waals surface area contributed by atoms with Crippen LogP contribution in [0.3, 0.4) is 0 Å². The summed E-state index contributed by atoms with van der Waals surface area (Å²) in [6.07, 6.45) is -6.38. The van der Waals surface area contributed by atoms with E-state index in [9.17, 15) is 27.0 Å². The Labute approximate surface area is 217 Å². The summed E-state index contributed by atoms with van der Waals surface area (Å²) in [4.78, 5) is 27.6. The van der Waals surface area contributed by atoms with Crippen LogP contribution in [0.4, 0.5) is 23.7 Å². The number of fused-ring (bicyclic) bond motifs is 1. The fourth-order valence-electron chi connectivity index (χ4n) is 3.73. The molecule has 0 aliphatic carbocycles. The lowest BCUT2D eigenvalue weighted by Gasteiger charge is -2.27. The summed E-state index contributed by atoms with van der Waals surface area (Å²) in [6, 6.07) is 12.4. The molecule has 0 saturated carbocycles. The van der Waals surface area contributed by atoms with Gasteiger partial charge in [-0.2, -0.15) is 13.2 Å². The van der Waals surface area contributed by atoms with Gasteiger partial charge in [0, 0.05) is 5.56 Å². The van der Waals surface area contributed by atoms with Crippen LogP contribution in [-0.4, -0.2) is 38.8 Å². The number of imide groups is 1.